The molecule has 1 fully saturated rings. The van der Waals surface area contributed by atoms with Crippen molar-refractivity contribution < 1.29 is 9.59 Å². The van der Waals surface area contributed by atoms with Gasteiger partial charge in [-0.25, -0.2) is 0 Å². The van der Waals surface area contributed by atoms with Gasteiger partial charge in [0.25, 0.3) is 5.91 Å². The summed E-state index contributed by atoms with van der Waals surface area (Å²) in [5, 5.41) is 4.77. The van der Waals surface area contributed by atoms with E-state index in [0.29, 0.717) is 13.1 Å². The number of nitrogens with one attached hydrogen (secondary N) is 1. The van der Waals surface area contributed by atoms with Crippen LogP contribution in [0.2, 0.25) is 0 Å². The van der Waals surface area contributed by atoms with Crippen molar-refractivity contribution in [3.8, 4) is 0 Å². The van der Waals surface area contributed by atoms with Gasteiger partial charge in [0.2, 0.25) is 5.91 Å². The monoisotopic (exact) mass is 330 g/mol. The van der Waals surface area contributed by atoms with Crippen LogP contribution in [0, 0.1) is 0 Å². The number of nitrogens with zero attached hydrogens (tertiary/aromatic N) is 1. The average Bonchev–Trinajstić information content (AvgIpc) is 2.75. The van der Waals surface area contributed by atoms with Gasteiger partial charge in [0, 0.05) is 31.4 Å². The smallest absolute Gasteiger partial charge is 0.254 e. The van der Waals surface area contributed by atoms with E-state index in [1.807, 2.05) is 16.3 Å². The number of carbonyl (C=O) groups excluding carboxylic acids is 2. The second kappa shape index (κ2) is 5.84. The van der Waals surface area contributed by atoms with E-state index >= 15 is 0 Å². The minimum Gasteiger partial charge on any atom is -0.353 e. The summed E-state index contributed by atoms with van der Waals surface area (Å²) in [6.07, 6.45) is 1.66. The van der Waals surface area contributed by atoms with Crippen molar-refractivity contribution in [2.24, 2.45) is 0 Å². The Hall–Kier alpha value is -0.880. The molecule has 2 heterocycles. The predicted molar refractivity (Wildman–Crippen MR) is 74.8 cm³/mol. The third kappa shape index (κ3) is 3.32. The highest BCUT2D eigenvalue weighted by Gasteiger charge is 2.24. The molecule has 1 N–H and O–H groups in total. The number of hydrogen-bond acceptors (Lipinski definition) is 3. The first-order valence-electron chi connectivity index (χ1n) is 5.86. The number of hydrogen-bond donors (Lipinski definition) is 1. The van der Waals surface area contributed by atoms with Gasteiger partial charge in [0.05, 0.1) is 9.35 Å². The fourth-order valence-electron chi connectivity index (χ4n) is 2.12. The van der Waals surface area contributed by atoms with Crippen LogP contribution in [0.3, 0.4) is 0 Å². The lowest BCUT2D eigenvalue weighted by molar-refractivity contribution is -0.119. The maximum atomic E-state index is 12.2. The van der Waals surface area contributed by atoms with Crippen molar-refractivity contribution in [2.75, 3.05) is 13.1 Å². The summed E-state index contributed by atoms with van der Waals surface area (Å²) in [5.74, 6) is 0.0831. The zero-order valence-corrected chi connectivity index (χ0v) is 12.5. The number of amides is 2. The van der Waals surface area contributed by atoms with Gasteiger partial charge in [-0.15, -0.1) is 11.3 Å². The molecular weight excluding hydrogens is 316 g/mol. The van der Waals surface area contributed by atoms with Crippen molar-refractivity contribution >= 4 is 39.1 Å². The molecule has 1 aromatic heterocycles. The molecule has 2 rings (SSSR count). The average molecular weight is 331 g/mol. The third-order valence-electron chi connectivity index (χ3n) is 3.00. The zero-order valence-electron chi connectivity index (χ0n) is 10.1. The van der Waals surface area contributed by atoms with E-state index in [2.05, 4.69) is 21.2 Å². The van der Waals surface area contributed by atoms with Crippen molar-refractivity contribution in [2.45, 2.75) is 25.8 Å². The van der Waals surface area contributed by atoms with E-state index in [1.165, 1.54) is 18.3 Å². The molecule has 2 amide bonds. The summed E-state index contributed by atoms with van der Waals surface area (Å²) in [7, 11) is 0. The number of likely N-dealkylation sites (tertiary alicyclic amines) is 1. The lowest BCUT2D eigenvalue weighted by Gasteiger charge is -2.32. The standard InChI is InChI=1S/C12H15BrN2O2S/c1-8(16)14-10-2-4-15(5-3-10)12(17)9-6-11(13)18-7-9/h6-7,10H,2-5H2,1H3,(H,14,16). The molecule has 1 aliphatic rings. The summed E-state index contributed by atoms with van der Waals surface area (Å²) in [6.45, 7) is 2.94. The first-order chi connectivity index (χ1) is 8.56. The van der Waals surface area contributed by atoms with Gasteiger partial charge in [0.15, 0.2) is 0 Å². The SMILES string of the molecule is CC(=O)NC1CCN(C(=O)c2csc(Br)c2)CC1. The fraction of sp³-hybridized carbons (Fsp3) is 0.500. The minimum atomic E-state index is 0.00143. The second-order valence-corrected chi connectivity index (χ2v) is 6.70. The van der Waals surface area contributed by atoms with Crippen molar-refractivity contribution in [3.05, 3.63) is 20.8 Å². The highest BCUT2D eigenvalue weighted by atomic mass is 79.9. The molecular formula is C12H15BrN2O2S. The second-order valence-electron chi connectivity index (χ2n) is 4.41. The van der Waals surface area contributed by atoms with Crippen LogP contribution in [-0.4, -0.2) is 35.8 Å². The van der Waals surface area contributed by atoms with Gasteiger partial charge < -0.3 is 10.2 Å². The van der Waals surface area contributed by atoms with Crippen LogP contribution in [0.5, 0.6) is 0 Å². The molecule has 98 valence electrons. The summed E-state index contributed by atoms with van der Waals surface area (Å²) in [4.78, 5) is 25.0. The van der Waals surface area contributed by atoms with Crippen LogP contribution in [0.1, 0.15) is 30.1 Å². The zero-order chi connectivity index (χ0) is 13.1. The van der Waals surface area contributed by atoms with Gasteiger partial charge in [-0.3, -0.25) is 9.59 Å². The highest BCUT2D eigenvalue weighted by molar-refractivity contribution is 9.11. The van der Waals surface area contributed by atoms with E-state index in [-0.39, 0.29) is 17.9 Å². The van der Waals surface area contributed by atoms with Crippen LogP contribution in [0.4, 0.5) is 0 Å². The Labute approximate surface area is 118 Å². The maximum Gasteiger partial charge on any atom is 0.254 e. The molecule has 0 aliphatic carbocycles. The van der Waals surface area contributed by atoms with Crippen LogP contribution in [0.25, 0.3) is 0 Å². The Morgan fingerprint density at radius 3 is 2.61 bits per heavy atom. The fourth-order valence-corrected chi connectivity index (χ4v) is 3.25. The summed E-state index contributed by atoms with van der Waals surface area (Å²) >= 11 is 4.88. The lowest BCUT2D eigenvalue weighted by Crippen LogP contribution is -2.46. The van der Waals surface area contributed by atoms with Crippen LogP contribution in [0.15, 0.2) is 15.2 Å². The van der Waals surface area contributed by atoms with E-state index in [4.69, 9.17) is 0 Å². The molecule has 0 saturated carbocycles. The van der Waals surface area contributed by atoms with Crippen LogP contribution >= 0.6 is 27.3 Å². The summed E-state index contributed by atoms with van der Waals surface area (Å²) < 4.78 is 0.971. The predicted octanol–water partition coefficient (Wildman–Crippen LogP) is 2.25. The van der Waals surface area contributed by atoms with Gasteiger partial charge in [-0.2, -0.15) is 0 Å². The molecule has 0 radical (unpaired) electrons. The van der Waals surface area contributed by atoms with E-state index < -0.39 is 0 Å². The third-order valence-corrected chi connectivity index (χ3v) is 4.51. The normalized spacial score (nSPS) is 16.7. The Morgan fingerprint density at radius 1 is 1.44 bits per heavy atom. The molecule has 4 nitrogen and oxygen atoms in total. The molecule has 18 heavy (non-hydrogen) atoms. The first kappa shape index (κ1) is 13.5. The topological polar surface area (TPSA) is 49.4 Å². The molecule has 6 heteroatoms. The van der Waals surface area contributed by atoms with Gasteiger partial charge in [0.1, 0.15) is 0 Å². The van der Waals surface area contributed by atoms with Gasteiger partial charge in [-0.1, -0.05) is 0 Å². The Balaban J connectivity index is 1.90. The molecule has 1 saturated heterocycles. The Kier molecular flexibility index (Phi) is 4.40. The van der Waals surface area contributed by atoms with Crippen molar-refractivity contribution in [1.29, 1.82) is 0 Å². The minimum absolute atomic E-state index is 0.00143. The molecule has 1 aromatic rings. The lowest BCUT2D eigenvalue weighted by atomic mass is 10.0. The molecule has 0 aromatic carbocycles. The largest absolute Gasteiger partial charge is 0.353 e. The van der Waals surface area contributed by atoms with E-state index in [0.717, 1.165) is 22.2 Å². The molecule has 1 aliphatic heterocycles. The Morgan fingerprint density at radius 2 is 2.11 bits per heavy atom. The van der Waals surface area contributed by atoms with E-state index in [9.17, 15) is 9.59 Å². The molecule has 0 atom stereocenters. The summed E-state index contributed by atoms with van der Waals surface area (Å²) in [6, 6.07) is 2.06. The van der Waals surface area contributed by atoms with Crippen molar-refractivity contribution in [3.63, 3.8) is 0 Å². The van der Waals surface area contributed by atoms with Crippen LogP contribution in [-0.2, 0) is 4.79 Å². The van der Waals surface area contributed by atoms with Crippen molar-refractivity contribution in [1.82, 2.24) is 10.2 Å². The molecule has 0 spiro atoms. The first-order valence-corrected chi connectivity index (χ1v) is 7.54. The number of carbonyl (C=O) groups is 2. The molecule has 0 unspecified atom stereocenters. The van der Waals surface area contributed by atoms with Gasteiger partial charge >= 0.3 is 0 Å². The van der Waals surface area contributed by atoms with Gasteiger partial charge in [-0.05, 0) is 34.8 Å². The van der Waals surface area contributed by atoms with Crippen LogP contribution < -0.4 is 5.32 Å². The molecule has 0 bridgehead atoms. The Bertz CT molecular complexity index is 453. The number of thiophene rings is 1. The summed E-state index contributed by atoms with van der Waals surface area (Å²) in [5.41, 5.74) is 0.741. The maximum absolute atomic E-state index is 12.2. The number of rotatable bonds is 2. The number of piperidine rings is 1. The highest BCUT2D eigenvalue weighted by Crippen LogP contribution is 2.23. The van der Waals surface area contributed by atoms with E-state index in [1.54, 1.807) is 0 Å². The number of halogens is 1. The quantitative estimate of drug-likeness (QED) is 0.904.